The molecule has 2 amide bonds. The Balaban J connectivity index is 1.43. The average molecular weight is 474 g/mol. The fraction of sp³-hybridized carbons (Fsp3) is 0.333. The van der Waals surface area contributed by atoms with Crippen molar-refractivity contribution in [2.24, 2.45) is 0 Å². The molecule has 1 aliphatic rings. The minimum Gasteiger partial charge on any atom is -0.480 e. The maximum absolute atomic E-state index is 12.3. The van der Waals surface area contributed by atoms with Gasteiger partial charge >= 0.3 is 12.1 Å². The predicted octanol–water partition coefficient (Wildman–Crippen LogP) is 0.0885. The summed E-state index contributed by atoms with van der Waals surface area (Å²) in [6.07, 6.45) is 2.13. The third-order valence-electron chi connectivity index (χ3n) is 4.50. The second-order valence-corrected chi connectivity index (χ2v) is 7.17. The van der Waals surface area contributed by atoms with Gasteiger partial charge in [0.05, 0.1) is 6.07 Å². The summed E-state index contributed by atoms with van der Waals surface area (Å²) in [6, 6.07) is 8.76. The molecular formula is C21H26N6O7. The van der Waals surface area contributed by atoms with Crippen LogP contribution in [0.15, 0.2) is 53.2 Å². The molecule has 0 saturated heterocycles. The number of carbonyl (C=O) groups is 3. The first-order chi connectivity index (χ1) is 16.4. The molecule has 6 N–H and O–H groups in total. The predicted molar refractivity (Wildman–Crippen MR) is 117 cm³/mol. The van der Waals surface area contributed by atoms with Crippen LogP contribution in [0, 0.1) is 0 Å². The zero-order valence-electron chi connectivity index (χ0n) is 18.3. The molecule has 3 unspecified atom stereocenters. The first-order valence-corrected chi connectivity index (χ1v) is 10.4. The number of hydrogen-bond donors (Lipinski definition) is 6. The zero-order valence-corrected chi connectivity index (χ0v) is 18.3. The highest BCUT2D eigenvalue weighted by Crippen LogP contribution is 2.12. The number of carbonyl (C=O) groups excluding carboxylic acids is 2. The van der Waals surface area contributed by atoms with Crippen LogP contribution in [-0.4, -0.2) is 59.9 Å². The number of rotatable bonds is 11. The van der Waals surface area contributed by atoms with Crippen molar-refractivity contribution in [3.8, 4) is 5.88 Å². The number of nitrogens with one attached hydrogen (secondary N) is 5. The van der Waals surface area contributed by atoms with Crippen molar-refractivity contribution >= 4 is 18.0 Å². The normalized spacial score (nSPS) is 16.6. The molecule has 0 spiro atoms. The highest BCUT2D eigenvalue weighted by molar-refractivity contribution is 5.92. The highest BCUT2D eigenvalue weighted by Gasteiger charge is 2.23. The molecule has 1 aliphatic heterocycles. The maximum atomic E-state index is 12.3. The van der Waals surface area contributed by atoms with Gasteiger partial charge in [0, 0.05) is 13.1 Å². The lowest BCUT2D eigenvalue weighted by Gasteiger charge is -2.26. The molecule has 2 aromatic rings. The van der Waals surface area contributed by atoms with Gasteiger partial charge in [-0.05, 0) is 23.8 Å². The molecule has 1 aromatic heterocycles. The fourth-order valence-electron chi connectivity index (χ4n) is 2.84. The van der Waals surface area contributed by atoms with Gasteiger partial charge < -0.3 is 35.1 Å². The van der Waals surface area contributed by atoms with Crippen LogP contribution >= 0.6 is 0 Å². The minimum atomic E-state index is -1.42. The third kappa shape index (κ3) is 7.79. The summed E-state index contributed by atoms with van der Waals surface area (Å²) in [7, 11) is 0. The molecule has 34 heavy (non-hydrogen) atoms. The monoisotopic (exact) mass is 474 g/mol. The van der Waals surface area contributed by atoms with Crippen molar-refractivity contribution in [2.45, 2.75) is 32.1 Å². The summed E-state index contributed by atoms with van der Waals surface area (Å²) < 4.78 is 15.5. The van der Waals surface area contributed by atoms with E-state index in [1.54, 1.807) is 31.2 Å². The van der Waals surface area contributed by atoms with Gasteiger partial charge in [0.25, 0.3) is 11.8 Å². The quantitative estimate of drug-likeness (QED) is 0.243. The SMILES string of the molecule is CC(NC1NC=CCN1)Oc1cc(C(=O)NCC(NC(=O)OCc2ccccc2)C(=O)O)on1. The lowest BCUT2D eigenvalue weighted by molar-refractivity contribution is -0.139. The number of benzene rings is 1. The number of aromatic nitrogens is 1. The highest BCUT2D eigenvalue weighted by atomic mass is 16.6. The van der Waals surface area contributed by atoms with Crippen LogP contribution in [0.5, 0.6) is 5.88 Å². The van der Waals surface area contributed by atoms with Crippen molar-refractivity contribution in [1.82, 2.24) is 31.7 Å². The van der Waals surface area contributed by atoms with Gasteiger partial charge in [-0.2, -0.15) is 0 Å². The van der Waals surface area contributed by atoms with E-state index in [0.717, 1.165) is 5.56 Å². The number of carboxylic acids is 1. The van der Waals surface area contributed by atoms with Gasteiger partial charge in [0.1, 0.15) is 18.9 Å². The standard InChI is InChI=1S/C21H26N6O7/c1-13(25-20-22-8-5-9-23-20)33-17-10-16(34-27-17)18(28)24-11-15(19(29)30)26-21(31)32-12-14-6-3-2-4-7-14/h2-8,10,13,15,20,22-23,25H,9,11-12H2,1H3,(H,24,28)(H,26,31)(H,29,30). The van der Waals surface area contributed by atoms with E-state index in [2.05, 4.69) is 31.7 Å². The van der Waals surface area contributed by atoms with Crippen LogP contribution in [0.3, 0.4) is 0 Å². The van der Waals surface area contributed by atoms with E-state index in [1.807, 2.05) is 18.3 Å². The topological polar surface area (TPSA) is 176 Å². The smallest absolute Gasteiger partial charge is 0.408 e. The van der Waals surface area contributed by atoms with Crippen molar-refractivity contribution in [3.05, 3.63) is 60.0 Å². The van der Waals surface area contributed by atoms with Gasteiger partial charge in [-0.1, -0.05) is 36.4 Å². The first-order valence-electron chi connectivity index (χ1n) is 10.4. The molecule has 13 heteroatoms. The summed E-state index contributed by atoms with van der Waals surface area (Å²) >= 11 is 0. The Morgan fingerprint density at radius 3 is 2.79 bits per heavy atom. The Morgan fingerprint density at radius 1 is 1.29 bits per heavy atom. The van der Waals surface area contributed by atoms with Gasteiger partial charge in [0.15, 0.2) is 6.23 Å². The van der Waals surface area contributed by atoms with Crippen molar-refractivity contribution < 1.29 is 33.5 Å². The summed E-state index contributed by atoms with van der Waals surface area (Å²) in [5.41, 5.74) is 0.744. The summed E-state index contributed by atoms with van der Waals surface area (Å²) in [5.74, 6) is -2.20. The number of aliphatic carboxylic acids is 1. The maximum Gasteiger partial charge on any atom is 0.408 e. The van der Waals surface area contributed by atoms with E-state index in [9.17, 15) is 19.5 Å². The Bertz CT molecular complexity index is 997. The lowest BCUT2D eigenvalue weighted by Crippen LogP contribution is -2.56. The Hall–Kier alpha value is -4.10. The van der Waals surface area contributed by atoms with Gasteiger partial charge in [-0.15, -0.1) is 0 Å². The van der Waals surface area contributed by atoms with Crippen molar-refractivity contribution in [2.75, 3.05) is 13.1 Å². The molecule has 0 saturated carbocycles. The van der Waals surface area contributed by atoms with Crippen LogP contribution in [0.1, 0.15) is 23.0 Å². The molecule has 0 fully saturated rings. The van der Waals surface area contributed by atoms with Crippen LogP contribution < -0.4 is 31.3 Å². The second kappa shape index (κ2) is 12.2. The molecule has 0 bridgehead atoms. The second-order valence-electron chi connectivity index (χ2n) is 7.17. The molecule has 0 aliphatic carbocycles. The zero-order chi connectivity index (χ0) is 24.3. The third-order valence-corrected chi connectivity index (χ3v) is 4.50. The summed E-state index contributed by atoms with van der Waals surface area (Å²) in [6.45, 7) is 2.01. The number of ether oxygens (including phenoxy) is 2. The van der Waals surface area contributed by atoms with Crippen LogP contribution in [0.4, 0.5) is 4.79 Å². The van der Waals surface area contributed by atoms with Gasteiger partial charge in [-0.3, -0.25) is 10.1 Å². The van der Waals surface area contributed by atoms with E-state index >= 15 is 0 Å². The van der Waals surface area contributed by atoms with Gasteiger partial charge in [-0.25, -0.2) is 14.9 Å². The molecule has 3 rings (SSSR count). The molecule has 3 atom stereocenters. The number of carboxylic acid groups (broad SMARTS) is 1. The lowest BCUT2D eigenvalue weighted by atomic mass is 10.2. The van der Waals surface area contributed by atoms with E-state index < -0.39 is 36.8 Å². The minimum absolute atomic E-state index is 0.0247. The molecule has 0 radical (unpaired) electrons. The van der Waals surface area contributed by atoms with Crippen LogP contribution in [-0.2, 0) is 16.1 Å². The molecule has 2 heterocycles. The van der Waals surface area contributed by atoms with Crippen molar-refractivity contribution in [1.29, 1.82) is 0 Å². The van der Waals surface area contributed by atoms with Crippen molar-refractivity contribution in [3.63, 3.8) is 0 Å². The Morgan fingerprint density at radius 2 is 2.09 bits per heavy atom. The summed E-state index contributed by atoms with van der Waals surface area (Å²) in [4.78, 5) is 35.7. The first kappa shape index (κ1) is 24.5. The number of nitrogens with zero attached hydrogens (tertiary/aromatic N) is 1. The van der Waals surface area contributed by atoms with E-state index in [4.69, 9.17) is 14.0 Å². The molecular weight excluding hydrogens is 448 g/mol. The number of amides is 2. The molecule has 1 aromatic carbocycles. The van der Waals surface area contributed by atoms with Crippen LogP contribution in [0.25, 0.3) is 0 Å². The fourth-order valence-corrected chi connectivity index (χ4v) is 2.84. The summed E-state index contributed by atoms with van der Waals surface area (Å²) in [5, 5.41) is 26.9. The van der Waals surface area contributed by atoms with Gasteiger partial charge in [0.2, 0.25) is 5.76 Å². The van der Waals surface area contributed by atoms with E-state index in [0.29, 0.717) is 6.54 Å². The Labute approximate surface area is 194 Å². The molecule has 182 valence electrons. The van der Waals surface area contributed by atoms with E-state index in [-0.39, 0.29) is 24.5 Å². The largest absolute Gasteiger partial charge is 0.480 e. The van der Waals surface area contributed by atoms with Crippen LogP contribution in [0.2, 0.25) is 0 Å². The van der Waals surface area contributed by atoms with E-state index in [1.165, 1.54) is 6.07 Å². The Kier molecular flexibility index (Phi) is 8.82. The number of hydrogen-bond acceptors (Lipinski definition) is 10. The molecule has 13 nitrogen and oxygen atoms in total. The number of alkyl carbamates (subject to hydrolysis) is 1. The average Bonchev–Trinajstić information content (AvgIpc) is 3.29.